The van der Waals surface area contributed by atoms with Crippen LogP contribution in [0.5, 0.6) is 0 Å². The number of benzene rings is 1. The topological polar surface area (TPSA) is 58.8 Å². The fourth-order valence-electron chi connectivity index (χ4n) is 2.90. The number of carbonyl (C=O) groups is 1. The second kappa shape index (κ2) is 5.71. The molecule has 1 aliphatic heterocycles. The summed E-state index contributed by atoms with van der Waals surface area (Å²) in [5.41, 5.74) is 8.14. The summed E-state index contributed by atoms with van der Waals surface area (Å²) in [7, 11) is 0. The Labute approximate surface area is 138 Å². The lowest BCUT2D eigenvalue weighted by Crippen LogP contribution is -2.50. The molecule has 5 nitrogen and oxygen atoms in total. The van der Waals surface area contributed by atoms with Crippen LogP contribution in [0.1, 0.15) is 39.2 Å². The highest BCUT2D eigenvalue weighted by molar-refractivity contribution is 5.68. The molecule has 3 rings (SSSR count). The quantitative estimate of drug-likeness (QED) is 0.911. The van der Waals surface area contributed by atoms with Crippen molar-refractivity contribution in [2.24, 2.45) is 5.73 Å². The van der Waals surface area contributed by atoms with E-state index in [-0.39, 0.29) is 11.6 Å². The first kappa shape index (κ1) is 16.1. The maximum Gasteiger partial charge on any atom is 0.410 e. The Hall–Kier alpha value is -1.75. The van der Waals surface area contributed by atoms with Gasteiger partial charge in [0.2, 0.25) is 0 Å². The Balaban J connectivity index is 1.55. The van der Waals surface area contributed by atoms with E-state index in [1.165, 1.54) is 11.3 Å². The van der Waals surface area contributed by atoms with E-state index in [4.69, 9.17) is 10.5 Å². The summed E-state index contributed by atoms with van der Waals surface area (Å²) >= 11 is 0. The van der Waals surface area contributed by atoms with Crippen LogP contribution in [0.2, 0.25) is 0 Å². The highest BCUT2D eigenvalue weighted by atomic mass is 16.6. The molecule has 2 fully saturated rings. The highest BCUT2D eigenvalue weighted by Crippen LogP contribution is 2.42. The van der Waals surface area contributed by atoms with E-state index >= 15 is 0 Å². The van der Waals surface area contributed by atoms with Gasteiger partial charge in [-0.3, -0.25) is 0 Å². The Morgan fingerprint density at radius 3 is 2.13 bits per heavy atom. The number of anilines is 1. The molecule has 0 radical (unpaired) electrons. The van der Waals surface area contributed by atoms with Crippen molar-refractivity contribution in [2.45, 2.75) is 44.8 Å². The van der Waals surface area contributed by atoms with Crippen LogP contribution in [-0.4, -0.2) is 42.8 Å². The van der Waals surface area contributed by atoms with E-state index in [1.807, 2.05) is 20.8 Å². The predicted octanol–water partition coefficient (Wildman–Crippen LogP) is 2.69. The van der Waals surface area contributed by atoms with Gasteiger partial charge in [-0.25, -0.2) is 4.79 Å². The van der Waals surface area contributed by atoms with E-state index in [2.05, 4.69) is 29.2 Å². The van der Waals surface area contributed by atoms with Gasteiger partial charge in [-0.15, -0.1) is 0 Å². The number of nitrogens with two attached hydrogens (primary N) is 1. The van der Waals surface area contributed by atoms with Gasteiger partial charge in [-0.05, 0) is 51.3 Å². The first-order valence-corrected chi connectivity index (χ1v) is 8.39. The Morgan fingerprint density at radius 1 is 1.09 bits per heavy atom. The Morgan fingerprint density at radius 2 is 1.65 bits per heavy atom. The lowest BCUT2D eigenvalue weighted by atomic mass is 10.1. The predicted molar refractivity (Wildman–Crippen MR) is 91.6 cm³/mol. The molecule has 1 amide bonds. The van der Waals surface area contributed by atoms with Crippen LogP contribution >= 0.6 is 0 Å². The second-order valence-electron chi connectivity index (χ2n) is 7.66. The highest BCUT2D eigenvalue weighted by Gasteiger charge is 2.39. The molecule has 0 spiro atoms. The zero-order valence-corrected chi connectivity index (χ0v) is 14.3. The molecule has 0 unspecified atom stereocenters. The minimum absolute atomic E-state index is 0.0755. The molecule has 2 aliphatic rings. The van der Waals surface area contributed by atoms with Crippen molar-refractivity contribution in [1.29, 1.82) is 0 Å². The van der Waals surface area contributed by atoms with Crippen LogP contribution < -0.4 is 10.6 Å². The third kappa shape index (κ3) is 3.78. The standard InChI is InChI=1S/C18H27N3O2/c1-17(2,3)23-16(22)21-12-10-20(11-13-21)15-6-4-14(5-7-15)18(19)8-9-18/h4-7H,8-13,19H2,1-3H3. The van der Waals surface area contributed by atoms with Gasteiger partial charge < -0.3 is 20.3 Å². The van der Waals surface area contributed by atoms with E-state index in [1.54, 1.807) is 4.90 Å². The van der Waals surface area contributed by atoms with Gasteiger partial charge in [-0.1, -0.05) is 12.1 Å². The first-order valence-electron chi connectivity index (χ1n) is 8.39. The van der Waals surface area contributed by atoms with Gasteiger partial charge in [0.25, 0.3) is 0 Å². The van der Waals surface area contributed by atoms with Crippen LogP contribution in [-0.2, 0) is 10.3 Å². The Kier molecular flexibility index (Phi) is 4.00. The second-order valence-corrected chi connectivity index (χ2v) is 7.66. The summed E-state index contributed by atoms with van der Waals surface area (Å²) in [6.07, 6.45) is 1.95. The summed E-state index contributed by atoms with van der Waals surface area (Å²) in [6.45, 7) is 8.72. The summed E-state index contributed by atoms with van der Waals surface area (Å²) in [6, 6.07) is 8.57. The summed E-state index contributed by atoms with van der Waals surface area (Å²) in [5, 5.41) is 0. The molecule has 0 atom stereocenters. The van der Waals surface area contributed by atoms with Crippen molar-refractivity contribution in [2.75, 3.05) is 31.1 Å². The molecular weight excluding hydrogens is 290 g/mol. The molecule has 126 valence electrons. The average molecular weight is 317 g/mol. The van der Waals surface area contributed by atoms with E-state index in [9.17, 15) is 4.79 Å². The summed E-state index contributed by atoms with van der Waals surface area (Å²) in [5.74, 6) is 0. The molecule has 1 saturated carbocycles. The first-order chi connectivity index (χ1) is 10.8. The molecule has 1 aromatic carbocycles. The number of rotatable bonds is 2. The molecule has 1 saturated heterocycles. The maximum absolute atomic E-state index is 12.1. The maximum atomic E-state index is 12.1. The number of hydrogen-bond donors (Lipinski definition) is 1. The fraction of sp³-hybridized carbons (Fsp3) is 0.611. The third-order valence-corrected chi connectivity index (χ3v) is 4.53. The molecule has 5 heteroatoms. The zero-order valence-electron chi connectivity index (χ0n) is 14.3. The van der Waals surface area contributed by atoms with Crippen LogP contribution in [0.25, 0.3) is 0 Å². The third-order valence-electron chi connectivity index (χ3n) is 4.53. The summed E-state index contributed by atoms with van der Waals surface area (Å²) < 4.78 is 5.43. The molecule has 2 N–H and O–H groups in total. The molecule has 0 bridgehead atoms. The van der Waals surface area contributed by atoms with Gasteiger partial charge >= 0.3 is 6.09 Å². The van der Waals surface area contributed by atoms with E-state index in [0.29, 0.717) is 13.1 Å². The molecule has 1 aromatic rings. The number of nitrogens with zero attached hydrogens (tertiary/aromatic N) is 2. The number of ether oxygens (including phenoxy) is 1. The molecular formula is C18H27N3O2. The van der Waals surface area contributed by atoms with Crippen molar-refractivity contribution in [3.05, 3.63) is 29.8 Å². The smallest absolute Gasteiger partial charge is 0.410 e. The number of piperazine rings is 1. The van der Waals surface area contributed by atoms with Crippen molar-refractivity contribution in [3.8, 4) is 0 Å². The zero-order chi connectivity index (χ0) is 16.7. The van der Waals surface area contributed by atoms with Gasteiger partial charge in [-0.2, -0.15) is 0 Å². The van der Waals surface area contributed by atoms with Crippen LogP contribution in [0, 0.1) is 0 Å². The van der Waals surface area contributed by atoms with Gasteiger partial charge in [0.1, 0.15) is 5.60 Å². The molecule has 1 aliphatic carbocycles. The van der Waals surface area contributed by atoms with E-state index in [0.717, 1.165) is 25.9 Å². The van der Waals surface area contributed by atoms with Crippen molar-refractivity contribution in [3.63, 3.8) is 0 Å². The van der Waals surface area contributed by atoms with Crippen LogP contribution in [0.3, 0.4) is 0 Å². The van der Waals surface area contributed by atoms with Crippen molar-refractivity contribution in [1.82, 2.24) is 4.90 Å². The van der Waals surface area contributed by atoms with Crippen molar-refractivity contribution >= 4 is 11.8 Å². The van der Waals surface area contributed by atoms with Gasteiger partial charge in [0, 0.05) is 37.4 Å². The largest absolute Gasteiger partial charge is 0.444 e. The number of hydrogen-bond acceptors (Lipinski definition) is 4. The molecule has 0 aromatic heterocycles. The molecule has 23 heavy (non-hydrogen) atoms. The summed E-state index contributed by atoms with van der Waals surface area (Å²) in [4.78, 5) is 16.2. The van der Waals surface area contributed by atoms with Gasteiger partial charge in [0.05, 0.1) is 0 Å². The van der Waals surface area contributed by atoms with Gasteiger partial charge in [0.15, 0.2) is 0 Å². The average Bonchev–Trinajstić information content (AvgIpc) is 3.25. The van der Waals surface area contributed by atoms with Crippen LogP contribution in [0.15, 0.2) is 24.3 Å². The van der Waals surface area contributed by atoms with E-state index < -0.39 is 5.60 Å². The van der Waals surface area contributed by atoms with Crippen LogP contribution in [0.4, 0.5) is 10.5 Å². The fourth-order valence-corrected chi connectivity index (χ4v) is 2.90. The lowest BCUT2D eigenvalue weighted by molar-refractivity contribution is 0.0240. The number of amides is 1. The monoisotopic (exact) mass is 317 g/mol. The minimum Gasteiger partial charge on any atom is -0.444 e. The number of carbonyl (C=O) groups excluding carboxylic acids is 1. The minimum atomic E-state index is -0.439. The SMILES string of the molecule is CC(C)(C)OC(=O)N1CCN(c2ccc(C3(N)CC3)cc2)CC1. The molecule has 1 heterocycles. The Bertz CT molecular complexity index is 565. The lowest BCUT2D eigenvalue weighted by Gasteiger charge is -2.36. The normalized spacial score (nSPS) is 20.3. The van der Waals surface area contributed by atoms with Crippen molar-refractivity contribution < 1.29 is 9.53 Å².